The molecule has 7 nitrogen and oxygen atoms in total. The standard InChI is InChI=1S/C27H50O7/c1-6-11-14-17-32-26(30)27(31,18-24(28)33-20-22(9-4)15-12-7-2)19-25(29)34-21-23(10-5)16-13-8-3/h22-23,31H,6-21H2,1-5H3. The third-order valence-corrected chi connectivity index (χ3v) is 6.28. The molecule has 0 radical (unpaired) electrons. The van der Waals surface area contributed by atoms with Gasteiger partial charge in [0.1, 0.15) is 0 Å². The molecule has 1 N–H and O–H groups in total. The molecule has 0 saturated heterocycles. The van der Waals surface area contributed by atoms with Crippen LogP contribution in [0.1, 0.15) is 118 Å². The lowest BCUT2D eigenvalue weighted by Crippen LogP contribution is -2.45. The normalized spacial score (nSPS) is 14.6. The van der Waals surface area contributed by atoms with Gasteiger partial charge in [-0.2, -0.15) is 0 Å². The SMILES string of the molecule is CCCCCOC(=O)C(O)(CC(=O)OCC(CC)CCCC)CC(=O)OCC(CC)CCCC. The number of ether oxygens (including phenoxy) is 3. The van der Waals surface area contributed by atoms with Gasteiger partial charge in [-0.25, -0.2) is 4.79 Å². The number of rotatable bonds is 21. The molecule has 0 aromatic rings. The lowest BCUT2D eigenvalue weighted by Gasteiger charge is -2.25. The molecule has 2 unspecified atom stereocenters. The largest absolute Gasteiger partial charge is 0.465 e. The van der Waals surface area contributed by atoms with Crippen LogP contribution in [0.2, 0.25) is 0 Å². The van der Waals surface area contributed by atoms with Crippen LogP contribution < -0.4 is 0 Å². The molecule has 0 spiro atoms. The summed E-state index contributed by atoms with van der Waals surface area (Å²) in [4.78, 5) is 37.7. The summed E-state index contributed by atoms with van der Waals surface area (Å²) in [5.41, 5.74) is -2.29. The zero-order valence-electron chi connectivity index (χ0n) is 22.4. The van der Waals surface area contributed by atoms with Gasteiger partial charge in [-0.05, 0) is 31.1 Å². The predicted molar refractivity (Wildman–Crippen MR) is 133 cm³/mol. The summed E-state index contributed by atoms with van der Waals surface area (Å²) in [5, 5.41) is 11.0. The maximum atomic E-state index is 12.7. The molecule has 200 valence electrons. The van der Waals surface area contributed by atoms with Crippen molar-refractivity contribution in [3.05, 3.63) is 0 Å². The van der Waals surface area contributed by atoms with Crippen LogP contribution in [0, 0.1) is 11.8 Å². The van der Waals surface area contributed by atoms with Gasteiger partial charge in [0.15, 0.2) is 5.60 Å². The second-order valence-corrected chi connectivity index (χ2v) is 9.43. The van der Waals surface area contributed by atoms with Crippen molar-refractivity contribution in [2.24, 2.45) is 11.8 Å². The highest BCUT2D eigenvalue weighted by molar-refractivity contribution is 5.90. The third-order valence-electron chi connectivity index (χ3n) is 6.28. The topological polar surface area (TPSA) is 99.1 Å². The number of hydrogen-bond acceptors (Lipinski definition) is 7. The van der Waals surface area contributed by atoms with E-state index in [4.69, 9.17) is 14.2 Å². The Kier molecular flexibility index (Phi) is 18.7. The summed E-state index contributed by atoms with van der Waals surface area (Å²) in [7, 11) is 0. The Bertz CT molecular complexity index is 527. The summed E-state index contributed by atoms with van der Waals surface area (Å²) in [5.74, 6) is -1.95. The van der Waals surface area contributed by atoms with E-state index in [2.05, 4.69) is 13.8 Å². The molecule has 0 fully saturated rings. The lowest BCUT2D eigenvalue weighted by atomic mass is 9.95. The molecule has 0 aliphatic rings. The molecule has 0 aliphatic heterocycles. The molecule has 0 saturated carbocycles. The van der Waals surface area contributed by atoms with Gasteiger partial charge >= 0.3 is 17.9 Å². The number of unbranched alkanes of at least 4 members (excludes halogenated alkanes) is 4. The molecule has 0 bridgehead atoms. The highest BCUT2D eigenvalue weighted by Gasteiger charge is 2.43. The average Bonchev–Trinajstić information content (AvgIpc) is 2.81. The Hall–Kier alpha value is -1.63. The number of hydrogen-bond donors (Lipinski definition) is 1. The Labute approximate surface area is 207 Å². The van der Waals surface area contributed by atoms with Gasteiger partial charge in [-0.1, -0.05) is 86.0 Å². The summed E-state index contributed by atoms with van der Waals surface area (Å²) in [6, 6.07) is 0. The van der Waals surface area contributed by atoms with E-state index in [0.29, 0.717) is 6.42 Å². The van der Waals surface area contributed by atoms with Crippen molar-refractivity contribution < 1.29 is 33.7 Å². The van der Waals surface area contributed by atoms with Crippen molar-refractivity contribution in [1.82, 2.24) is 0 Å². The van der Waals surface area contributed by atoms with Gasteiger partial charge in [-0.15, -0.1) is 0 Å². The van der Waals surface area contributed by atoms with Gasteiger partial charge in [-0.3, -0.25) is 9.59 Å². The van der Waals surface area contributed by atoms with Crippen molar-refractivity contribution in [2.75, 3.05) is 19.8 Å². The van der Waals surface area contributed by atoms with Crippen LogP contribution in [0.4, 0.5) is 0 Å². The van der Waals surface area contributed by atoms with E-state index in [1.165, 1.54) is 0 Å². The fraction of sp³-hybridized carbons (Fsp3) is 0.889. The Morgan fingerprint density at radius 1 is 0.676 bits per heavy atom. The first-order valence-corrected chi connectivity index (χ1v) is 13.5. The maximum Gasteiger partial charge on any atom is 0.339 e. The van der Waals surface area contributed by atoms with E-state index in [1.54, 1.807) is 0 Å². The monoisotopic (exact) mass is 486 g/mol. The maximum absolute atomic E-state index is 12.7. The molecule has 0 aromatic carbocycles. The van der Waals surface area contributed by atoms with Crippen LogP contribution in [0.25, 0.3) is 0 Å². The fourth-order valence-electron chi connectivity index (χ4n) is 3.66. The molecule has 7 heteroatoms. The van der Waals surface area contributed by atoms with Gasteiger partial charge in [0.05, 0.1) is 32.7 Å². The van der Waals surface area contributed by atoms with Gasteiger partial charge in [0.2, 0.25) is 0 Å². The van der Waals surface area contributed by atoms with Crippen LogP contribution in [0.15, 0.2) is 0 Å². The Balaban J connectivity index is 5.07. The molecule has 0 aromatic heterocycles. The Morgan fingerprint density at radius 2 is 1.12 bits per heavy atom. The number of aliphatic hydroxyl groups is 1. The molecular formula is C27H50O7. The summed E-state index contributed by atoms with van der Waals surface area (Å²) in [6.45, 7) is 10.9. The quantitative estimate of drug-likeness (QED) is 0.125. The van der Waals surface area contributed by atoms with Crippen LogP contribution in [0.3, 0.4) is 0 Å². The van der Waals surface area contributed by atoms with E-state index in [0.717, 1.165) is 64.2 Å². The van der Waals surface area contributed by atoms with Crippen molar-refractivity contribution >= 4 is 17.9 Å². The van der Waals surface area contributed by atoms with Gasteiger partial charge in [0.25, 0.3) is 0 Å². The van der Waals surface area contributed by atoms with Crippen LogP contribution >= 0.6 is 0 Å². The first-order valence-electron chi connectivity index (χ1n) is 13.5. The minimum atomic E-state index is -2.29. The first-order chi connectivity index (χ1) is 16.3. The summed E-state index contributed by atoms with van der Waals surface area (Å²) >= 11 is 0. The highest BCUT2D eigenvalue weighted by Crippen LogP contribution is 2.22. The van der Waals surface area contributed by atoms with E-state index >= 15 is 0 Å². The van der Waals surface area contributed by atoms with E-state index in [1.807, 2.05) is 20.8 Å². The zero-order valence-corrected chi connectivity index (χ0v) is 22.4. The molecule has 0 aliphatic carbocycles. The number of esters is 3. The molecule has 34 heavy (non-hydrogen) atoms. The predicted octanol–water partition coefficient (Wildman–Crippen LogP) is 5.75. The second kappa shape index (κ2) is 19.7. The molecule has 0 rings (SSSR count). The smallest absolute Gasteiger partial charge is 0.339 e. The van der Waals surface area contributed by atoms with Crippen LogP contribution in [0.5, 0.6) is 0 Å². The van der Waals surface area contributed by atoms with E-state index in [-0.39, 0.29) is 31.7 Å². The number of carbonyl (C=O) groups excluding carboxylic acids is 3. The first kappa shape index (κ1) is 32.4. The summed E-state index contributed by atoms with van der Waals surface area (Å²) < 4.78 is 15.9. The van der Waals surface area contributed by atoms with E-state index < -0.39 is 36.4 Å². The minimum absolute atomic E-state index is 0.128. The van der Waals surface area contributed by atoms with Crippen molar-refractivity contribution in [2.45, 2.75) is 124 Å². The van der Waals surface area contributed by atoms with Crippen molar-refractivity contribution in [3.63, 3.8) is 0 Å². The fourth-order valence-corrected chi connectivity index (χ4v) is 3.66. The molecular weight excluding hydrogens is 436 g/mol. The van der Waals surface area contributed by atoms with Crippen LogP contribution in [-0.4, -0.2) is 48.4 Å². The summed E-state index contributed by atoms with van der Waals surface area (Å²) in [6.07, 6.45) is 9.09. The lowest BCUT2D eigenvalue weighted by molar-refractivity contribution is -0.178. The minimum Gasteiger partial charge on any atom is -0.465 e. The van der Waals surface area contributed by atoms with Gasteiger partial charge < -0.3 is 19.3 Å². The van der Waals surface area contributed by atoms with Crippen molar-refractivity contribution in [1.29, 1.82) is 0 Å². The second-order valence-electron chi connectivity index (χ2n) is 9.43. The zero-order chi connectivity index (χ0) is 25.8. The molecule has 2 atom stereocenters. The highest BCUT2D eigenvalue weighted by atomic mass is 16.6. The van der Waals surface area contributed by atoms with Crippen molar-refractivity contribution in [3.8, 4) is 0 Å². The molecule has 0 amide bonds. The Morgan fingerprint density at radius 3 is 1.50 bits per heavy atom. The average molecular weight is 487 g/mol. The van der Waals surface area contributed by atoms with Gasteiger partial charge in [0, 0.05) is 0 Å². The number of carbonyl (C=O) groups is 3. The van der Waals surface area contributed by atoms with Crippen LogP contribution in [-0.2, 0) is 28.6 Å². The van der Waals surface area contributed by atoms with E-state index in [9.17, 15) is 19.5 Å². The molecule has 0 heterocycles. The third kappa shape index (κ3) is 14.6.